The summed E-state index contributed by atoms with van der Waals surface area (Å²) in [5.74, 6) is -0.221. The van der Waals surface area contributed by atoms with Crippen molar-refractivity contribution in [3.8, 4) is 0 Å². The number of hydrogen-bond acceptors (Lipinski definition) is 1. The maximum absolute atomic E-state index is 13.3. The lowest BCUT2D eigenvalue weighted by atomic mass is 9.98. The lowest BCUT2D eigenvalue weighted by Crippen LogP contribution is -2.44. The van der Waals surface area contributed by atoms with Crippen LogP contribution in [-0.4, -0.2) is 28.7 Å². The summed E-state index contributed by atoms with van der Waals surface area (Å²) in [6, 6.07) is 4.93. The third kappa shape index (κ3) is 3.35. The highest BCUT2D eigenvalue weighted by atomic mass is 79.9. The van der Waals surface area contributed by atoms with E-state index in [1.165, 1.54) is 12.5 Å². The minimum absolute atomic E-state index is 0.0359. The highest BCUT2D eigenvalue weighted by molar-refractivity contribution is 9.09. The standard InChI is InChI=1S/C15H19BrFNO/c1-11-10-12(5-6-14(11)17)15(19)18-9-3-2-4-13(18)7-8-16/h5-6,10,13H,2-4,7-9H2,1H3. The zero-order valence-electron chi connectivity index (χ0n) is 11.2. The van der Waals surface area contributed by atoms with Gasteiger partial charge in [-0.2, -0.15) is 0 Å². The molecular formula is C15H19BrFNO. The van der Waals surface area contributed by atoms with E-state index in [9.17, 15) is 9.18 Å². The van der Waals surface area contributed by atoms with E-state index in [1.54, 1.807) is 19.1 Å². The van der Waals surface area contributed by atoms with Crippen molar-refractivity contribution in [2.24, 2.45) is 0 Å². The molecule has 0 spiro atoms. The Kier molecular flexibility index (Phi) is 4.97. The van der Waals surface area contributed by atoms with Crippen LogP contribution in [0.4, 0.5) is 4.39 Å². The molecule has 0 aromatic heterocycles. The summed E-state index contributed by atoms with van der Waals surface area (Å²) in [5.41, 5.74) is 1.13. The minimum Gasteiger partial charge on any atom is -0.336 e. The predicted octanol–water partition coefficient (Wildman–Crippen LogP) is 3.91. The van der Waals surface area contributed by atoms with Crippen molar-refractivity contribution in [3.63, 3.8) is 0 Å². The smallest absolute Gasteiger partial charge is 0.254 e. The fraction of sp³-hybridized carbons (Fsp3) is 0.533. The van der Waals surface area contributed by atoms with Gasteiger partial charge in [0.25, 0.3) is 5.91 Å². The number of nitrogens with zero attached hydrogens (tertiary/aromatic N) is 1. The number of carbonyl (C=O) groups excluding carboxylic acids is 1. The summed E-state index contributed by atoms with van der Waals surface area (Å²) >= 11 is 3.45. The molecule has 1 heterocycles. The molecule has 1 aromatic carbocycles. The van der Waals surface area contributed by atoms with Crippen molar-refractivity contribution in [2.75, 3.05) is 11.9 Å². The van der Waals surface area contributed by atoms with Gasteiger partial charge >= 0.3 is 0 Å². The number of benzene rings is 1. The summed E-state index contributed by atoms with van der Waals surface area (Å²) in [7, 11) is 0. The number of amides is 1. The second-order valence-electron chi connectivity index (χ2n) is 5.09. The summed E-state index contributed by atoms with van der Waals surface area (Å²) in [5, 5.41) is 0.907. The van der Waals surface area contributed by atoms with Crippen LogP contribution in [0.25, 0.3) is 0 Å². The first-order valence-electron chi connectivity index (χ1n) is 6.76. The van der Waals surface area contributed by atoms with Crippen LogP contribution in [0.5, 0.6) is 0 Å². The second-order valence-corrected chi connectivity index (χ2v) is 5.88. The molecule has 0 bridgehead atoms. The van der Waals surface area contributed by atoms with Gasteiger partial charge in [-0.25, -0.2) is 4.39 Å². The Morgan fingerprint density at radius 1 is 1.47 bits per heavy atom. The first-order chi connectivity index (χ1) is 9.13. The van der Waals surface area contributed by atoms with Crippen molar-refractivity contribution in [1.82, 2.24) is 4.90 Å². The van der Waals surface area contributed by atoms with E-state index in [-0.39, 0.29) is 11.7 Å². The molecule has 104 valence electrons. The van der Waals surface area contributed by atoms with Crippen LogP contribution in [0.15, 0.2) is 18.2 Å². The Morgan fingerprint density at radius 3 is 2.95 bits per heavy atom. The maximum atomic E-state index is 13.3. The molecule has 1 atom stereocenters. The fourth-order valence-electron chi connectivity index (χ4n) is 2.64. The Hall–Kier alpha value is -0.900. The maximum Gasteiger partial charge on any atom is 0.254 e. The summed E-state index contributed by atoms with van der Waals surface area (Å²) in [4.78, 5) is 14.5. The first kappa shape index (κ1) is 14.5. The molecule has 0 aliphatic carbocycles. The highest BCUT2D eigenvalue weighted by Gasteiger charge is 2.27. The summed E-state index contributed by atoms with van der Waals surface area (Å²) in [6.07, 6.45) is 4.29. The molecule has 1 saturated heterocycles. The Bertz CT molecular complexity index is 461. The largest absolute Gasteiger partial charge is 0.336 e. The van der Waals surface area contributed by atoms with Gasteiger partial charge < -0.3 is 4.90 Å². The highest BCUT2D eigenvalue weighted by Crippen LogP contribution is 2.23. The minimum atomic E-state index is -0.257. The Labute approximate surface area is 122 Å². The number of hydrogen-bond donors (Lipinski definition) is 0. The number of alkyl halides is 1. The molecule has 19 heavy (non-hydrogen) atoms. The number of aryl methyl sites for hydroxylation is 1. The second kappa shape index (κ2) is 6.51. The van der Waals surface area contributed by atoms with Crippen LogP contribution in [-0.2, 0) is 0 Å². The van der Waals surface area contributed by atoms with E-state index >= 15 is 0 Å². The molecule has 4 heteroatoms. The summed E-state index contributed by atoms with van der Waals surface area (Å²) < 4.78 is 13.3. The average Bonchev–Trinajstić information content (AvgIpc) is 2.42. The molecule has 2 rings (SSSR count). The summed E-state index contributed by atoms with van der Waals surface area (Å²) in [6.45, 7) is 2.51. The van der Waals surface area contributed by atoms with Gasteiger partial charge in [-0.05, 0) is 56.4 Å². The zero-order valence-corrected chi connectivity index (χ0v) is 12.7. The van der Waals surface area contributed by atoms with Crippen molar-refractivity contribution in [2.45, 2.75) is 38.6 Å². The molecule has 0 radical (unpaired) electrons. The predicted molar refractivity (Wildman–Crippen MR) is 78.2 cm³/mol. The van der Waals surface area contributed by atoms with E-state index < -0.39 is 0 Å². The number of carbonyl (C=O) groups is 1. The number of halogens is 2. The van der Waals surface area contributed by atoms with Gasteiger partial charge in [0.15, 0.2) is 0 Å². The van der Waals surface area contributed by atoms with E-state index in [4.69, 9.17) is 0 Å². The monoisotopic (exact) mass is 327 g/mol. The molecule has 1 aliphatic heterocycles. The molecule has 1 fully saturated rings. The van der Waals surface area contributed by atoms with Gasteiger partial charge in [0.05, 0.1) is 0 Å². The van der Waals surface area contributed by atoms with Crippen LogP contribution >= 0.6 is 15.9 Å². The number of rotatable bonds is 3. The van der Waals surface area contributed by atoms with E-state index in [2.05, 4.69) is 15.9 Å². The average molecular weight is 328 g/mol. The quantitative estimate of drug-likeness (QED) is 0.771. The first-order valence-corrected chi connectivity index (χ1v) is 7.88. The molecule has 0 saturated carbocycles. The van der Waals surface area contributed by atoms with Gasteiger partial charge in [0.2, 0.25) is 0 Å². The third-order valence-corrected chi connectivity index (χ3v) is 4.19. The third-order valence-electron chi connectivity index (χ3n) is 3.74. The van der Waals surface area contributed by atoms with Gasteiger partial charge in [-0.15, -0.1) is 0 Å². The van der Waals surface area contributed by atoms with Crippen LogP contribution in [0.2, 0.25) is 0 Å². The van der Waals surface area contributed by atoms with E-state index in [0.29, 0.717) is 17.2 Å². The Balaban J connectivity index is 2.18. The number of likely N-dealkylation sites (tertiary alicyclic amines) is 1. The Morgan fingerprint density at radius 2 is 2.26 bits per heavy atom. The molecule has 1 aliphatic rings. The van der Waals surface area contributed by atoms with Crippen LogP contribution < -0.4 is 0 Å². The zero-order chi connectivity index (χ0) is 13.8. The van der Waals surface area contributed by atoms with E-state index in [1.807, 2.05) is 4.90 Å². The van der Waals surface area contributed by atoms with Crippen molar-refractivity contribution in [3.05, 3.63) is 35.1 Å². The van der Waals surface area contributed by atoms with Gasteiger partial charge in [-0.1, -0.05) is 15.9 Å². The molecule has 1 unspecified atom stereocenters. The van der Waals surface area contributed by atoms with E-state index in [0.717, 1.165) is 31.1 Å². The van der Waals surface area contributed by atoms with Gasteiger partial charge in [-0.3, -0.25) is 4.79 Å². The normalized spacial score (nSPS) is 19.5. The van der Waals surface area contributed by atoms with Gasteiger partial charge in [0.1, 0.15) is 5.82 Å². The fourth-order valence-corrected chi connectivity index (χ4v) is 3.17. The molecular weight excluding hydrogens is 309 g/mol. The van der Waals surface area contributed by atoms with Crippen molar-refractivity contribution < 1.29 is 9.18 Å². The van der Waals surface area contributed by atoms with Crippen molar-refractivity contribution >= 4 is 21.8 Å². The molecule has 0 N–H and O–H groups in total. The lowest BCUT2D eigenvalue weighted by Gasteiger charge is -2.35. The van der Waals surface area contributed by atoms with Crippen LogP contribution in [0, 0.1) is 12.7 Å². The van der Waals surface area contributed by atoms with Crippen LogP contribution in [0.3, 0.4) is 0 Å². The van der Waals surface area contributed by atoms with Gasteiger partial charge in [0, 0.05) is 23.5 Å². The van der Waals surface area contributed by atoms with Crippen LogP contribution in [0.1, 0.15) is 41.6 Å². The molecule has 1 aromatic rings. The molecule has 2 nitrogen and oxygen atoms in total. The van der Waals surface area contributed by atoms with Crippen molar-refractivity contribution in [1.29, 1.82) is 0 Å². The number of piperidine rings is 1. The lowest BCUT2D eigenvalue weighted by molar-refractivity contribution is 0.0610. The SMILES string of the molecule is Cc1cc(C(=O)N2CCCCC2CCBr)ccc1F. The topological polar surface area (TPSA) is 20.3 Å². The molecule has 1 amide bonds.